The number of hydrogen-bond donors (Lipinski definition) is 2. The molecule has 3 rings (SSSR count). The van der Waals surface area contributed by atoms with Gasteiger partial charge in [0, 0.05) is 23.6 Å². The highest BCUT2D eigenvalue weighted by atomic mass is 35.5. The maximum atomic E-state index is 13.2. The summed E-state index contributed by atoms with van der Waals surface area (Å²) in [7, 11) is -0.700. The van der Waals surface area contributed by atoms with Crippen molar-refractivity contribution in [2.75, 3.05) is 13.2 Å². The number of halogens is 1. The molecule has 0 atom stereocenters. The lowest BCUT2D eigenvalue weighted by atomic mass is 9.78. The highest BCUT2D eigenvalue weighted by Crippen LogP contribution is 2.37. The fourth-order valence-electron chi connectivity index (χ4n) is 3.49. The maximum Gasteiger partial charge on any atom is 0.496 e. The fourth-order valence-corrected chi connectivity index (χ4v) is 3.74. The van der Waals surface area contributed by atoms with E-state index < -0.39 is 18.3 Å². The van der Waals surface area contributed by atoms with Gasteiger partial charge in [0.05, 0.1) is 23.4 Å². The molecule has 0 spiro atoms. The molecule has 8 heteroatoms. The summed E-state index contributed by atoms with van der Waals surface area (Å²) in [5.74, 6) is 0.116. The van der Waals surface area contributed by atoms with Gasteiger partial charge in [0.1, 0.15) is 5.75 Å². The van der Waals surface area contributed by atoms with Crippen LogP contribution in [0.15, 0.2) is 36.4 Å². The van der Waals surface area contributed by atoms with E-state index >= 15 is 0 Å². The van der Waals surface area contributed by atoms with Gasteiger partial charge in [0.15, 0.2) is 0 Å². The maximum absolute atomic E-state index is 13.2. The second-order valence-corrected chi connectivity index (χ2v) is 9.75. The van der Waals surface area contributed by atoms with Gasteiger partial charge in [-0.15, -0.1) is 0 Å². The Balaban J connectivity index is 1.88. The number of unbranched alkanes of at least 4 members (excludes halogenated alkanes) is 1. The Hall–Kier alpha value is -2.06. The van der Waals surface area contributed by atoms with Gasteiger partial charge in [-0.2, -0.15) is 0 Å². The first-order chi connectivity index (χ1) is 15.6. The van der Waals surface area contributed by atoms with E-state index in [9.17, 15) is 4.79 Å². The lowest BCUT2D eigenvalue weighted by Gasteiger charge is -2.32. The number of aliphatic hydroxyl groups excluding tert-OH is 1. The second kappa shape index (κ2) is 10.5. The van der Waals surface area contributed by atoms with Gasteiger partial charge in [-0.1, -0.05) is 35.9 Å². The first kappa shape index (κ1) is 25.6. The fraction of sp³-hybridized carbons (Fsp3) is 0.480. The molecule has 1 aliphatic rings. The van der Waals surface area contributed by atoms with Crippen LogP contribution in [0.2, 0.25) is 5.02 Å². The van der Waals surface area contributed by atoms with Gasteiger partial charge < -0.3 is 24.5 Å². The summed E-state index contributed by atoms with van der Waals surface area (Å²) in [4.78, 5) is 13.2. The van der Waals surface area contributed by atoms with E-state index in [1.54, 1.807) is 12.1 Å². The predicted molar refractivity (Wildman–Crippen MR) is 131 cm³/mol. The number of nitrogens with one attached hydrogen (secondary N) is 1. The minimum Gasteiger partial charge on any atom is -0.493 e. The molecule has 0 radical (unpaired) electrons. The number of aliphatic hydroxyl groups is 1. The first-order valence-corrected chi connectivity index (χ1v) is 11.7. The molecule has 6 nitrogen and oxygen atoms in total. The molecule has 1 aliphatic heterocycles. The molecule has 1 fully saturated rings. The van der Waals surface area contributed by atoms with Crippen molar-refractivity contribution in [2.24, 2.45) is 0 Å². The van der Waals surface area contributed by atoms with Crippen molar-refractivity contribution in [1.29, 1.82) is 0 Å². The van der Waals surface area contributed by atoms with Gasteiger partial charge in [-0.05, 0) is 70.7 Å². The Labute approximate surface area is 201 Å². The van der Waals surface area contributed by atoms with Crippen LogP contribution in [-0.4, -0.2) is 42.5 Å². The molecule has 2 aromatic carbocycles. The summed E-state index contributed by atoms with van der Waals surface area (Å²) in [6.45, 7) is 10.7. The number of carbonyl (C=O) groups is 1. The smallest absolute Gasteiger partial charge is 0.493 e. The molecular formula is C25H33BClNO5. The highest BCUT2D eigenvalue weighted by molar-refractivity contribution is 6.65. The van der Waals surface area contributed by atoms with Crippen LogP contribution in [-0.2, 0) is 15.9 Å². The predicted octanol–water partition coefficient (Wildman–Crippen LogP) is 4.03. The zero-order chi connectivity index (χ0) is 24.2. The number of aryl methyl sites for hydroxylation is 1. The van der Waals surface area contributed by atoms with Crippen LogP contribution in [0.5, 0.6) is 5.75 Å². The Morgan fingerprint density at radius 1 is 1.12 bits per heavy atom. The summed E-state index contributed by atoms with van der Waals surface area (Å²) in [6.07, 6.45) is 1.28. The van der Waals surface area contributed by atoms with Crippen LogP contribution in [0.4, 0.5) is 0 Å². The summed E-state index contributed by atoms with van der Waals surface area (Å²) >= 11 is 6.59. The number of ether oxygens (including phenoxy) is 1. The molecule has 0 unspecified atom stereocenters. The summed E-state index contributed by atoms with van der Waals surface area (Å²) in [6, 6.07) is 11.2. The molecular weight excluding hydrogens is 441 g/mol. The van der Waals surface area contributed by atoms with E-state index in [-0.39, 0.29) is 12.5 Å². The average Bonchev–Trinajstić information content (AvgIpc) is 2.97. The van der Waals surface area contributed by atoms with E-state index in [0.717, 1.165) is 11.1 Å². The Morgan fingerprint density at radius 3 is 2.42 bits per heavy atom. The van der Waals surface area contributed by atoms with E-state index in [1.807, 2.05) is 58.9 Å². The lowest BCUT2D eigenvalue weighted by molar-refractivity contribution is 0.00578. The SMILES string of the molecule is Cc1ccccc1CNC(=O)c1cc(B2OC(C)(C)C(C)(C)O2)c(Cl)cc1OCCCCO. The van der Waals surface area contributed by atoms with Crippen LogP contribution in [0.3, 0.4) is 0 Å². The third-order valence-corrected chi connectivity index (χ3v) is 6.69. The van der Waals surface area contributed by atoms with Gasteiger partial charge in [0.2, 0.25) is 0 Å². The minimum absolute atomic E-state index is 0.0920. The molecule has 0 aliphatic carbocycles. The molecule has 1 saturated heterocycles. The van der Waals surface area contributed by atoms with Crippen LogP contribution in [0.25, 0.3) is 0 Å². The molecule has 33 heavy (non-hydrogen) atoms. The third-order valence-electron chi connectivity index (χ3n) is 6.36. The van der Waals surface area contributed by atoms with Crippen molar-refractivity contribution in [2.45, 2.75) is 65.2 Å². The molecule has 1 heterocycles. The largest absolute Gasteiger partial charge is 0.496 e. The Kier molecular flexibility index (Phi) is 8.11. The Morgan fingerprint density at radius 2 is 1.79 bits per heavy atom. The highest BCUT2D eigenvalue weighted by Gasteiger charge is 2.52. The molecule has 2 N–H and O–H groups in total. The summed E-state index contributed by atoms with van der Waals surface area (Å²) < 4.78 is 18.2. The normalized spacial score (nSPS) is 16.6. The number of rotatable bonds is 9. The quantitative estimate of drug-likeness (QED) is 0.425. The van der Waals surface area contributed by atoms with Crippen molar-refractivity contribution < 1.29 is 23.9 Å². The van der Waals surface area contributed by atoms with Crippen molar-refractivity contribution in [3.63, 3.8) is 0 Å². The van der Waals surface area contributed by atoms with E-state index in [0.29, 0.717) is 47.8 Å². The minimum atomic E-state index is -0.700. The Bertz CT molecular complexity index is 979. The van der Waals surface area contributed by atoms with Crippen molar-refractivity contribution in [3.8, 4) is 5.75 Å². The molecule has 178 valence electrons. The molecule has 0 saturated carbocycles. The van der Waals surface area contributed by atoms with Gasteiger partial charge >= 0.3 is 7.12 Å². The number of benzene rings is 2. The number of hydrogen-bond acceptors (Lipinski definition) is 5. The van der Waals surface area contributed by atoms with Crippen LogP contribution in [0.1, 0.15) is 62.0 Å². The van der Waals surface area contributed by atoms with Crippen molar-refractivity contribution in [1.82, 2.24) is 5.32 Å². The second-order valence-electron chi connectivity index (χ2n) is 9.35. The lowest BCUT2D eigenvalue weighted by Crippen LogP contribution is -2.41. The van der Waals surface area contributed by atoms with Crippen molar-refractivity contribution >= 4 is 30.1 Å². The molecule has 0 bridgehead atoms. The molecule has 1 amide bonds. The zero-order valence-corrected chi connectivity index (χ0v) is 20.8. The number of amides is 1. The van der Waals surface area contributed by atoms with E-state index in [1.165, 1.54) is 0 Å². The van der Waals surface area contributed by atoms with E-state index in [4.69, 9.17) is 30.8 Å². The summed E-state index contributed by atoms with van der Waals surface area (Å²) in [5, 5.41) is 12.4. The summed E-state index contributed by atoms with van der Waals surface area (Å²) in [5.41, 5.74) is 2.02. The van der Waals surface area contributed by atoms with Crippen molar-refractivity contribution in [3.05, 3.63) is 58.1 Å². The van der Waals surface area contributed by atoms with Crippen LogP contribution in [0, 0.1) is 6.92 Å². The van der Waals surface area contributed by atoms with Gasteiger partial charge in [-0.25, -0.2) is 0 Å². The van der Waals surface area contributed by atoms with Crippen LogP contribution >= 0.6 is 11.6 Å². The first-order valence-electron chi connectivity index (χ1n) is 11.3. The topological polar surface area (TPSA) is 77.0 Å². The molecule has 2 aromatic rings. The third kappa shape index (κ3) is 5.90. The average molecular weight is 474 g/mol. The monoisotopic (exact) mass is 473 g/mol. The zero-order valence-electron chi connectivity index (χ0n) is 20.0. The van der Waals surface area contributed by atoms with Crippen LogP contribution < -0.4 is 15.5 Å². The van der Waals surface area contributed by atoms with E-state index in [2.05, 4.69) is 5.32 Å². The van der Waals surface area contributed by atoms with Gasteiger partial charge in [0.25, 0.3) is 5.91 Å². The number of carbonyl (C=O) groups excluding carboxylic acids is 1. The van der Waals surface area contributed by atoms with Gasteiger partial charge in [-0.3, -0.25) is 4.79 Å². The molecule has 0 aromatic heterocycles. The standard InChI is InChI=1S/C25H33BClNO5/c1-17-10-6-7-11-18(17)16-28-23(30)19-14-20(26-32-24(2,3)25(4,5)33-26)21(27)15-22(19)31-13-9-8-12-29/h6-7,10-11,14-15,29H,8-9,12-13,16H2,1-5H3,(H,28,30).